The number of anilines is 2. The van der Waals surface area contributed by atoms with E-state index in [4.69, 9.17) is 10.5 Å². The summed E-state index contributed by atoms with van der Waals surface area (Å²) in [6, 6.07) is 5.14. The van der Waals surface area contributed by atoms with Crippen molar-refractivity contribution in [2.75, 3.05) is 34.7 Å². The van der Waals surface area contributed by atoms with Gasteiger partial charge < -0.3 is 10.5 Å². The van der Waals surface area contributed by atoms with Gasteiger partial charge in [-0.05, 0) is 25.1 Å². The molecule has 2 rings (SSSR count). The number of thioether (sulfide) groups is 1. The van der Waals surface area contributed by atoms with Crippen molar-refractivity contribution < 1.29 is 17.9 Å². The molecule has 0 radical (unpaired) electrons. The van der Waals surface area contributed by atoms with Crippen LogP contribution in [0.4, 0.5) is 11.4 Å². The normalized spacial score (nSPS) is 14.8. The number of nitrogens with two attached hydrogens (primary N) is 1. The molecule has 1 aromatic carbocycles. The highest BCUT2D eigenvalue weighted by atomic mass is 32.2. The molecule has 6 nitrogen and oxygen atoms in total. The van der Waals surface area contributed by atoms with Crippen LogP contribution in [0.5, 0.6) is 0 Å². The lowest BCUT2D eigenvalue weighted by Crippen LogP contribution is -2.39. The fourth-order valence-corrected chi connectivity index (χ4v) is 4.43. The first kappa shape index (κ1) is 15.0. The number of nitrogen functional groups attached to an aromatic ring is 1. The van der Waals surface area contributed by atoms with Gasteiger partial charge in [-0.3, -0.25) is 9.10 Å². The molecule has 1 aromatic rings. The zero-order valence-electron chi connectivity index (χ0n) is 11.0. The smallest absolute Gasteiger partial charge is 0.323 e. The van der Waals surface area contributed by atoms with E-state index in [0.717, 1.165) is 4.90 Å². The monoisotopic (exact) mass is 316 g/mol. The number of carbonyl (C=O) groups is 1. The molecule has 1 heterocycles. The van der Waals surface area contributed by atoms with Crippen LogP contribution in [0.1, 0.15) is 6.92 Å². The number of ether oxygens (including phenoxy) is 1. The molecule has 0 aliphatic carbocycles. The van der Waals surface area contributed by atoms with Crippen LogP contribution < -0.4 is 10.0 Å². The van der Waals surface area contributed by atoms with E-state index in [0.29, 0.717) is 23.7 Å². The van der Waals surface area contributed by atoms with Crippen LogP contribution in [-0.4, -0.2) is 39.0 Å². The molecule has 1 aliphatic rings. The molecule has 0 saturated heterocycles. The number of hydrogen-bond acceptors (Lipinski definition) is 6. The molecule has 1 aliphatic heterocycles. The molecule has 0 bridgehead atoms. The summed E-state index contributed by atoms with van der Waals surface area (Å²) in [6.45, 7) is 2.12. The molecule has 2 N–H and O–H groups in total. The van der Waals surface area contributed by atoms with Crippen molar-refractivity contribution in [2.45, 2.75) is 11.8 Å². The Morgan fingerprint density at radius 1 is 1.50 bits per heavy atom. The Kier molecular flexibility index (Phi) is 4.44. The van der Waals surface area contributed by atoms with E-state index >= 15 is 0 Å². The third-order valence-electron chi connectivity index (χ3n) is 2.74. The van der Waals surface area contributed by atoms with E-state index < -0.39 is 21.7 Å². The van der Waals surface area contributed by atoms with Crippen LogP contribution in [0.15, 0.2) is 23.1 Å². The van der Waals surface area contributed by atoms with Crippen LogP contribution in [0.3, 0.4) is 0 Å². The molecule has 0 unspecified atom stereocenters. The van der Waals surface area contributed by atoms with Crippen molar-refractivity contribution >= 4 is 39.1 Å². The second kappa shape index (κ2) is 5.92. The van der Waals surface area contributed by atoms with Gasteiger partial charge in [-0.15, -0.1) is 11.8 Å². The maximum Gasteiger partial charge on any atom is 0.323 e. The van der Waals surface area contributed by atoms with Crippen molar-refractivity contribution in [1.82, 2.24) is 0 Å². The number of benzene rings is 1. The van der Waals surface area contributed by atoms with Gasteiger partial charge in [0.25, 0.3) is 0 Å². The van der Waals surface area contributed by atoms with Crippen molar-refractivity contribution in [1.29, 1.82) is 0 Å². The molecule has 110 valence electrons. The Hall–Kier alpha value is -1.41. The lowest BCUT2D eigenvalue weighted by molar-refractivity contribution is -0.139. The number of fused-ring (bicyclic) bond motifs is 1. The van der Waals surface area contributed by atoms with Gasteiger partial charge in [0.05, 0.1) is 12.3 Å². The average molecular weight is 316 g/mol. The van der Waals surface area contributed by atoms with E-state index in [2.05, 4.69) is 0 Å². The molecule has 0 fully saturated rings. The highest BCUT2D eigenvalue weighted by Gasteiger charge is 2.30. The maximum absolute atomic E-state index is 12.3. The second-order valence-corrected chi connectivity index (χ2v) is 7.24. The Morgan fingerprint density at radius 2 is 2.25 bits per heavy atom. The van der Waals surface area contributed by atoms with E-state index in [9.17, 15) is 13.2 Å². The Balaban J connectivity index is 2.30. The van der Waals surface area contributed by atoms with Gasteiger partial charge in [0.15, 0.2) is 5.75 Å². The minimum absolute atomic E-state index is 0.160. The van der Waals surface area contributed by atoms with Gasteiger partial charge in [0.1, 0.15) is 0 Å². The predicted molar refractivity (Wildman–Crippen MR) is 79.3 cm³/mol. The topological polar surface area (TPSA) is 89.7 Å². The summed E-state index contributed by atoms with van der Waals surface area (Å²) in [6.07, 6.45) is 0. The summed E-state index contributed by atoms with van der Waals surface area (Å²) in [5.41, 5.74) is 6.74. The quantitative estimate of drug-likeness (QED) is 0.660. The van der Waals surface area contributed by atoms with Gasteiger partial charge in [0.2, 0.25) is 10.0 Å². The first-order chi connectivity index (χ1) is 9.44. The molecule has 0 aromatic heterocycles. The van der Waals surface area contributed by atoms with Gasteiger partial charge in [-0.2, -0.15) is 0 Å². The summed E-state index contributed by atoms with van der Waals surface area (Å²) >= 11 is 1.57. The van der Waals surface area contributed by atoms with Gasteiger partial charge >= 0.3 is 5.97 Å². The zero-order valence-corrected chi connectivity index (χ0v) is 12.7. The highest BCUT2D eigenvalue weighted by Crippen LogP contribution is 2.37. The van der Waals surface area contributed by atoms with Crippen molar-refractivity contribution in [3.05, 3.63) is 18.2 Å². The molecule has 0 atom stereocenters. The first-order valence-electron chi connectivity index (χ1n) is 6.12. The highest BCUT2D eigenvalue weighted by molar-refractivity contribution is 8.00. The lowest BCUT2D eigenvalue weighted by atomic mass is 10.3. The minimum atomic E-state index is -3.75. The molecule has 0 spiro atoms. The van der Waals surface area contributed by atoms with Gasteiger partial charge in [-0.25, -0.2) is 8.42 Å². The van der Waals surface area contributed by atoms with Crippen LogP contribution in [-0.2, 0) is 19.6 Å². The largest absolute Gasteiger partial charge is 0.465 e. The number of hydrogen-bond donors (Lipinski definition) is 1. The predicted octanol–water partition coefficient (Wildman–Crippen LogP) is 1.07. The summed E-state index contributed by atoms with van der Waals surface area (Å²) in [7, 11) is -3.75. The summed E-state index contributed by atoms with van der Waals surface area (Å²) in [5, 5.41) is 0. The number of carbonyl (C=O) groups excluding carboxylic acids is 1. The van der Waals surface area contributed by atoms with E-state index in [1.165, 1.54) is 4.31 Å². The fourth-order valence-electron chi connectivity index (χ4n) is 1.93. The van der Waals surface area contributed by atoms with Crippen molar-refractivity contribution in [3.8, 4) is 0 Å². The van der Waals surface area contributed by atoms with Gasteiger partial charge in [0, 0.05) is 22.9 Å². The summed E-state index contributed by atoms with van der Waals surface area (Å²) in [4.78, 5) is 12.3. The van der Waals surface area contributed by atoms with E-state index in [1.54, 1.807) is 36.9 Å². The fraction of sp³-hybridized carbons (Fsp3) is 0.417. The minimum Gasteiger partial charge on any atom is -0.465 e. The van der Waals surface area contributed by atoms with Crippen molar-refractivity contribution in [2.24, 2.45) is 0 Å². The molecular formula is C12H16N2O4S2. The number of nitrogens with zero attached hydrogens (tertiary/aromatic N) is 1. The number of sulfonamides is 1. The molecule has 20 heavy (non-hydrogen) atoms. The van der Waals surface area contributed by atoms with Crippen LogP contribution in [0.25, 0.3) is 0 Å². The van der Waals surface area contributed by atoms with Crippen LogP contribution in [0.2, 0.25) is 0 Å². The van der Waals surface area contributed by atoms with E-state index in [1.807, 2.05) is 0 Å². The molecule has 0 saturated carbocycles. The molecule has 8 heteroatoms. The second-order valence-electron chi connectivity index (χ2n) is 4.21. The number of rotatable bonds is 4. The SMILES string of the molecule is CCOC(=O)CS(=O)(=O)N1CCSc2ccc(N)cc21. The van der Waals surface area contributed by atoms with Crippen molar-refractivity contribution in [3.63, 3.8) is 0 Å². The first-order valence-corrected chi connectivity index (χ1v) is 8.72. The average Bonchev–Trinajstić information content (AvgIpc) is 2.37. The van der Waals surface area contributed by atoms with Gasteiger partial charge in [-0.1, -0.05) is 0 Å². The molecule has 0 amide bonds. The number of esters is 1. The lowest BCUT2D eigenvalue weighted by Gasteiger charge is -2.29. The standard InChI is InChI=1S/C12H16N2O4S2/c1-2-18-12(15)8-20(16,17)14-5-6-19-11-4-3-9(13)7-10(11)14/h3-4,7H,2,5-6,8,13H2,1H3. The maximum atomic E-state index is 12.3. The third kappa shape index (κ3) is 3.18. The summed E-state index contributed by atoms with van der Waals surface area (Å²) in [5.74, 6) is -0.755. The van der Waals surface area contributed by atoms with Crippen LogP contribution in [0, 0.1) is 0 Å². The molecular weight excluding hydrogens is 300 g/mol. The van der Waals surface area contributed by atoms with Crippen LogP contribution >= 0.6 is 11.8 Å². The van der Waals surface area contributed by atoms with E-state index in [-0.39, 0.29) is 6.61 Å². The Bertz CT molecular complexity index is 616. The summed E-state index contributed by atoms with van der Waals surface area (Å²) < 4.78 is 30.6. The zero-order chi connectivity index (χ0) is 14.8. The Morgan fingerprint density at radius 3 is 2.95 bits per heavy atom. The Labute approximate surface area is 122 Å². The third-order valence-corrected chi connectivity index (χ3v) is 5.44.